The third-order valence-electron chi connectivity index (χ3n) is 5.75. The first kappa shape index (κ1) is 28.3. The van der Waals surface area contributed by atoms with Crippen LogP contribution in [0.15, 0.2) is 64.7 Å². The smallest absolute Gasteiger partial charge is 0.335 e. The molecule has 14 heteroatoms. The van der Waals surface area contributed by atoms with Crippen LogP contribution in [-0.4, -0.2) is 60.2 Å². The maximum absolute atomic E-state index is 12.8. The number of nitrogens with one attached hydrogen (secondary N) is 3. The number of rotatable bonds is 11. The molecule has 202 valence electrons. The Labute approximate surface area is 218 Å². The molecule has 0 saturated heterocycles. The topological polar surface area (TPSA) is 188 Å². The van der Waals surface area contributed by atoms with Gasteiger partial charge in [-0.1, -0.05) is 12.1 Å². The lowest BCUT2D eigenvalue weighted by atomic mass is 9.93. The minimum atomic E-state index is -3.68. The Morgan fingerprint density at radius 2 is 1.87 bits per heavy atom. The van der Waals surface area contributed by atoms with E-state index in [4.69, 9.17) is 0 Å². The van der Waals surface area contributed by atoms with Gasteiger partial charge in [0.15, 0.2) is 9.84 Å². The van der Waals surface area contributed by atoms with Crippen LogP contribution in [0.2, 0.25) is 0 Å². The van der Waals surface area contributed by atoms with Gasteiger partial charge >= 0.3 is 12.0 Å². The number of carbonyl (C=O) groups excluding carboxylic acids is 2. The highest BCUT2D eigenvalue weighted by Crippen LogP contribution is 2.35. The number of carbonyl (C=O) groups is 3. The number of aliphatic carboxylic acids is 1. The van der Waals surface area contributed by atoms with Gasteiger partial charge in [-0.05, 0) is 49.7 Å². The Morgan fingerprint density at radius 1 is 1.18 bits per heavy atom. The van der Waals surface area contributed by atoms with Crippen LogP contribution in [0.1, 0.15) is 31.9 Å². The number of hydrogen-bond donors (Lipinski definition) is 4. The van der Waals surface area contributed by atoms with Gasteiger partial charge in [-0.3, -0.25) is 14.9 Å². The van der Waals surface area contributed by atoms with Crippen molar-refractivity contribution >= 4 is 39.1 Å². The molecule has 1 aliphatic heterocycles. The highest BCUT2D eigenvalue weighted by Gasteiger charge is 2.38. The molecule has 2 aromatic carbocycles. The maximum Gasteiger partial charge on any atom is 0.335 e. The predicted molar refractivity (Wildman–Crippen MR) is 137 cm³/mol. The zero-order valence-electron chi connectivity index (χ0n) is 20.6. The van der Waals surface area contributed by atoms with Crippen LogP contribution in [0.3, 0.4) is 0 Å². The van der Waals surface area contributed by atoms with Gasteiger partial charge in [0.25, 0.3) is 5.69 Å². The van der Waals surface area contributed by atoms with Crippen LogP contribution in [0.25, 0.3) is 0 Å². The number of carboxylic acids is 1. The van der Waals surface area contributed by atoms with Crippen molar-refractivity contribution in [3.05, 3.63) is 75.5 Å². The summed E-state index contributed by atoms with van der Waals surface area (Å²) in [4.78, 5) is 47.9. The van der Waals surface area contributed by atoms with Gasteiger partial charge in [-0.25, -0.2) is 18.0 Å². The molecular formula is C24H27N5O8S. The van der Waals surface area contributed by atoms with Crippen molar-refractivity contribution < 1.29 is 32.8 Å². The number of benzene rings is 2. The van der Waals surface area contributed by atoms with Gasteiger partial charge in [-0.15, -0.1) is 0 Å². The Balaban J connectivity index is 1.69. The van der Waals surface area contributed by atoms with Crippen molar-refractivity contribution in [2.75, 3.05) is 24.3 Å². The lowest BCUT2D eigenvalue weighted by Crippen LogP contribution is -2.49. The van der Waals surface area contributed by atoms with Crippen LogP contribution in [0.5, 0.6) is 0 Å². The second-order valence-corrected chi connectivity index (χ2v) is 10.5. The summed E-state index contributed by atoms with van der Waals surface area (Å²) in [6.45, 7) is 3.01. The Bertz CT molecular complexity index is 1390. The molecule has 1 atom stereocenters. The van der Waals surface area contributed by atoms with E-state index in [1.165, 1.54) is 67.3 Å². The number of non-ortho nitro benzene ring substituents is 1. The van der Waals surface area contributed by atoms with E-state index in [1.54, 1.807) is 0 Å². The average molecular weight is 546 g/mol. The van der Waals surface area contributed by atoms with Crippen LogP contribution in [0, 0.1) is 10.1 Å². The van der Waals surface area contributed by atoms with Crippen molar-refractivity contribution in [3.8, 4) is 0 Å². The van der Waals surface area contributed by atoms with Crippen molar-refractivity contribution in [1.29, 1.82) is 0 Å². The fraction of sp³-hybridized carbons (Fsp3) is 0.292. The summed E-state index contributed by atoms with van der Waals surface area (Å²) >= 11 is 0. The van der Waals surface area contributed by atoms with Crippen molar-refractivity contribution in [2.45, 2.75) is 31.2 Å². The lowest BCUT2D eigenvalue weighted by molar-refractivity contribution is -0.384. The Kier molecular flexibility index (Phi) is 8.80. The molecule has 0 bridgehead atoms. The standard InChI is InChI=1S/C24H27N5O8S/c1-15-21(23(31)32)22(17-5-3-6-19(13-17)29(34)35)28(24(33)26-15)12-4-11-25-14-38(36,37)20-9-7-18(8-10-20)27-16(2)30/h3,5-10,13,22,25H,4,11-12,14H2,1-2H3,(H,26,33)(H,27,30)(H,31,32). The molecule has 1 unspecified atom stereocenters. The van der Waals surface area contributed by atoms with Gasteiger partial charge in [0.2, 0.25) is 5.91 Å². The molecule has 0 fully saturated rings. The van der Waals surface area contributed by atoms with Gasteiger partial charge in [0.1, 0.15) is 5.88 Å². The average Bonchev–Trinajstić information content (AvgIpc) is 2.84. The summed E-state index contributed by atoms with van der Waals surface area (Å²) in [6, 6.07) is 9.50. The molecule has 1 heterocycles. The third kappa shape index (κ3) is 6.72. The van der Waals surface area contributed by atoms with E-state index in [9.17, 15) is 38.0 Å². The molecule has 0 aromatic heterocycles. The summed E-state index contributed by atoms with van der Waals surface area (Å²) in [5.74, 6) is -1.94. The summed E-state index contributed by atoms with van der Waals surface area (Å²) in [5.41, 5.74) is 0.497. The molecule has 0 aliphatic carbocycles. The first-order valence-corrected chi connectivity index (χ1v) is 13.1. The first-order chi connectivity index (χ1) is 17.9. The van der Waals surface area contributed by atoms with Gasteiger partial charge in [0.05, 0.1) is 21.4 Å². The molecule has 13 nitrogen and oxygen atoms in total. The molecule has 2 aromatic rings. The Hall–Kier alpha value is -4.30. The molecule has 38 heavy (non-hydrogen) atoms. The molecule has 0 spiro atoms. The lowest BCUT2D eigenvalue weighted by Gasteiger charge is -2.37. The number of nitro benzene ring substituents is 1. The van der Waals surface area contributed by atoms with Crippen LogP contribution in [0.4, 0.5) is 16.2 Å². The summed E-state index contributed by atoms with van der Waals surface area (Å²) in [5, 5.41) is 29.0. The monoisotopic (exact) mass is 545 g/mol. The maximum atomic E-state index is 12.8. The second-order valence-electron chi connectivity index (χ2n) is 8.54. The SMILES string of the molecule is CC(=O)Nc1ccc(S(=O)(=O)CNCCCN2C(=O)NC(C)=C(C(=O)O)C2c2cccc([N+](=O)[O-])c2)cc1. The van der Waals surface area contributed by atoms with E-state index < -0.39 is 32.8 Å². The number of urea groups is 1. The fourth-order valence-electron chi connectivity index (χ4n) is 4.05. The largest absolute Gasteiger partial charge is 0.478 e. The number of allylic oxidation sites excluding steroid dienone is 1. The fourth-order valence-corrected chi connectivity index (χ4v) is 5.18. The predicted octanol–water partition coefficient (Wildman–Crippen LogP) is 2.39. The van der Waals surface area contributed by atoms with Crippen molar-refractivity contribution in [2.24, 2.45) is 0 Å². The quantitative estimate of drug-likeness (QED) is 0.187. The molecule has 0 saturated carbocycles. The van der Waals surface area contributed by atoms with Gasteiger partial charge in [0, 0.05) is 37.0 Å². The molecule has 0 radical (unpaired) electrons. The number of nitro groups is 1. The summed E-state index contributed by atoms with van der Waals surface area (Å²) in [7, 11) is -3.68. The van der Waals surface area contributed by atoms with E-state index in [2.05, 4.69) is 16.0 Å². The van der Waals surface area contributed by atoms with Crippen LogP contribution in [-0.2, 0) is 19.4 Å². The number of carboxylic acid groups (broad SMARTS) is 1. The van der Waals surface area contributed by atoms with E-state index in [0.717, 1.165) is 0 Å². The molecule has 4 N–H and O–H groups in total. The zero-order valence-corrected chi connectivity index (χ0v) is 21.4. The minimum absolute atomic E-state index is 0.0434. The van der Waals surface area contributed by atoms with Gasteiger partial charge in [-0.2, -0.15) is 0 Å². The number of anilines is 1. The van der Waals surface area contributed by atoms with Crippen molar-refractivity contribution in [3.63, 3.8) is 0 Å². The number of sulfone groups is 1. The molecule has 1 aliphatic rings. The van der Waals surface area contributed by atoms with E-state index in [-0.39, 0.29) is 58.7 Å². The minimum Gasteiger partial charge on any atom is -0.478 e. The van der Waals surface area contributed by atoms with Crippen molar-refractivity contribution in [1.82, 2.24) is 15.5 Å². The van der Waals surface area contributed by atoms with Crippen LogP contribution < -0.4 is 16.0 Å². The molecule has 3 amide bonds. The van der Waals surface area contributed by atoms with Crippen LogP contribution >= 0.6 is 0 Å². The number of nitrogens with zero attached hydrogens (tertiary/aromatic N) is 2. The molecule has 3 rings (SSSR count). The second kappa shape index (κ2) is 11.8. The highest BCUT2D eigenvalue weighted by molar-refractivity contribution is 7.91. The number of hydrogen-bond acceptors (Lipinski definition) is 8. The normalized spacial score (nSPS) is 15.7. The van der Waals surface area contributed by atoms with E-state index in [0.29, 0.717) is 5.69 Å². The zero-order chi connectivity index (χ0) is 28.0. The Morgan fingerprint density at radius 3 is 2.47 bits per heavy atom. The number of amides is 3. The summed E-state index contributed by atoms with van der Waals surface area (Å²) in [6.07, 6.45) is 0.266. The van der Waals surface area contributed by atoms with E-state index >= 15 is 0 Å². The van der Waals surface area contributed by atoms with E-state index in [1.807, 2.05) is 0 Å². The highest BCUT2D eigenvalue weighted by atomic mass is 32.2. The third-order valence-corrected chi connectivity index (χ3v) is 7.32. The summed E-state index contributed by atoms with van der Waals surface area (Å²) < 4.78 is 25.2. The first-order valence-electron chi connectivity index (χ1n) is 11.5. The van der Waals surface area contributed by atoms with Gasteiger partial charge < -0.3 is 26.0 Å². The molecular weight excluding hydrogens is 518 g/mol.